The van der Waals surface area contributed by atoms with Crippen molar-refractivity contribution in [2.24, 2.45) is 0 Å². The molecule has 0 spiro atoms. The van der Waals surface area contributed by atoms with Crippen LogP contribution in [0, 0.1) is 0 Å². The predicted octanol–water partition coefficient (Wildman–Crippen LogP) is 4.22. The summed E-state index contributed by atoms with van der Waals surface area (Å²) in [6, 6.07) is 14.9. The fraction of sp³-hybridized carbons (Fsp3) is 0.320. The van der Waals surface area contributed by atoms with Crippen LogP contribution < -0.4 is 0 Å². The van der Waals surface area contributed by atoms with Crippen LogP contribution in [0.4, 0.5) is 4.79 Å². The van der Waals surface area contributed by atoms with Crippen molar-refractivity contribution >= 4 is 18.0 Å². The van der Waals surface area contributed by atoms with Crippen molar-refractivity contribution in [1.82, 2.24) is 4.90 Å². The van der Waals surface area contributed by atoms with E-state index in [-0.39, 0.29) is 38.4 Å². The summed E-state index contributed by atoms with van der Waals surface area (Å²) in [6.07, 6.45) is 1.19. The van der Waals surface area contributed by atoms with Crippen LogP contribution in [-0.4, -0.2) is 54.3 Å². The SMILES string of the molecule is C=CCOC(=O)CCC[C@@H](C(=O)O)N(C)C(=O)OCC1c2ccccc2-c2ccccc21. The molecule has 0 aliphatic heterocycles. The number of carbonyl (C=O) groups excluding carboxylic acids is 2. The second-order valence-corrected chi connectivity index (χ2v) is 7.63. The van der Waals surface area contributed by atoms with Crippen LogP contribution in [0.15, 0.2) is 61.2 Å². The van der Waals surface area contributed by atoms with E-state index in [1.165, 1.54) is 13.1 Å². The van der Waals surface area contributed by atoms with Gasteiger partial charge in [0.05, 0.1) is 0 Å². The van der Waals surface area contributed by atoms with Gasteiger partial charge in [0.1, 0.15) is 19.3 Å². The van der Waals surface area contributed by atoms with Crippen LogP contribution in [0.2, 0.25) is 0 Å². The van der Waals surface area contributed by atoms with Crippen LogP contribution >= 0.6 is 0 Å². The number of likely N-dealkylation sites (N-methyl/N-ethyl adjacent to an activating group) is 1. The molecule has 2 aromatic carbocycles. The third kappa shape index (κ3) is 5.17. The molecule has 0 unspecified atom stereocenters. The smallest absolute Gasteiger partial charge is 0.410 e. The number of fused-ring (bicyclic) bond motifs is 3. The largest absolute Gasteiger partial charge is 0.480 e. The summed E-state index contributed by atoms with van der Waals surface area (Å²) in [5, 5.41) is 9.56. The quantitative estimate of drug-likeness (QED) is 0.442. The Kier molecular flexibility index (Phi) is 7.65. The lowest BCUT2D eigenvalue weighted by Gasteiger charge is -2.25. The van der Waals surface area contributed by atoms with Crippen LogP contribution in [0.25, 0.3) is 11.1 Å². The number of esters is 1. The van der Waals surface area contributed by atoms with Gasteiger partial charge in [0, 0.05) is 19.4 Å². The fourth-order valence-corrected chi connectivity index (χ4v) is 3.97. The molecule has 1 aliphatic rings. The van der Waals surface area contributed by atoms with E-state index in [0.717, 1.165) is 27.2 Å². The number of carbonyl (C=O) groups is 3. The van der Waals surface area contributed by atoms with E-state index >= 15 is 0 Å². The van der Waals surface area contributed by atoms with Gasteiger partial charge in [0.2, 0.25) is 0 Å². The second-order valence-electron chi connectivity index (χ2n) is 7.63. The highest BCUT2D eigenvalue weighted by atomic mass is 16.6. The summed E-state index contributed by atoms with van der Waals surface area (Å²) in [4.78, 5) is 37.0. The van der Waals surface area contributed by atoms with Crippen LogP contribution in [0.1, 0.15) is 36.3 Å². The molecule has 1 aliphatic carbocycles. The van der Waals surface area contributed by atoms with Crippen molar-refractivity contribution in [3.63, 3.8) is 0 Å². The Bertz CT molecular complexity index is 956. The Hall–Kier alpha value is -3.61. The van der Waals surface area contributed by atoms with Gasteiger partial charge < -0.3 is 14.6 Å². The number of carboxylic acid groups (broad SMARTS) is 1. The van der Waals surface area contributed by atoms with E-state index in [1.807, 2.05) is 48.5 Å². The third-order valence-electron chi connectivity index (χ3n) is 5.60. The maximum atomic E-state index is 12.6. The molecule has 7 heteroatoms. The number of rotatable bonds is 10. The summed E-state index contributed by atoms with van der Waals surface area (Å²) in [5.41, 5.74) is 4.39. The molecule has 0 aromatic heterocycles. The second kappa shape index (κ2) is 10.6. The number of hydrogen-bond acceptors (Lipinski definition) is 5. The summed E-state index contributed by atoms with van der Waals surface area (Å²) in [6.45, 7) is 3.69. The number of ether oxygens (including phenoxy) is 2. The van der Waals surface area contributed by atoms with Crippen LogP contribution in [0.5, 0.6) is 0 Å². The van der Waals surface area contributed by atoms with E-state index < -0.39 is 24.1 Å². The number of benzene rings is 2. The van der Waals surface area contributed by atoms with Crippen molar-refractivity contribution in [1.29, 1.82) is 0 Å². The summed E-state index contributed by atoms with van der Waals surface area (Å²) < 4.78 is 10.4. The molecule has 168 valence electrons. The van der Waals surface area contributed by atoms with Gasteiger partial charge in [0.25, 0.3) is 0 Å². The van der Waals surface area contributed by atoms with Gasteiger partial charge in [-0.2, -0.15) is 0 Å². The highest BCUT2D eigenvalue weighted by molar-refractivity contribution is 5.81. The van der Waals surface area contributed by atoms with Crippen molar-refractivity contribution in [3.05, 3.63) is 72.3 Å². The van der Waals surface area contributed by atoms with Crippen molar-refractivity contribution < 1.29 is 29.0 Å². The molecule has 0 fully saturated rings. The highest BCUT2D eigenvalue weighted by Crippen LogP contribution is 2.44. The Morgan fingerprint density at radius 2 is 1.66 bits per heavy atom. The van der Waals surface area contributed by atoms with Crippen molar-refractivity contribution in [2.75, 3.05) is 20.3 Å². The van der Waals surface area contributed by atoms with E-state index in [9.17, 15) is 19.5 Å². The molecule has 0 saturated carbocycles. The summed E-state index contributed by atoms with van der Waals surface area (Å²) >= 11 is 0. The Morgan fingerprint density at radius 1 is 1.06 bits per heavy atom. The number of nitrogens with zero attached hydrogens (tertiary/aromatic N) is 1. The zero-order valence-electron chi connectivity index (χ0n) is 18.0. The van der Waals surface area contributed by atoms with Gasteiger partial charge in [-0.1, -0.05) is 61.2 Å². The van der Waals surface area contributed by atoms with Gasteiger partial charge in [-0.15, -0.1) is 0 Å². The monoisotopic (exact) mass is 437 g/mol. The predicted molar refractivity (Wildman–Crippen MR) is 119 cm³/mol. The summed E-state index contributed by atoms with van der Waals surface area (Å²) in [7, 11) is 1.40. The minimum absolute atomic E-state index is 0.0656. The molecule has 32 heavy (non-hydrogen) atoms. The Labute approximate surface area is 187 Å². The minimum atomic E-state index is -1.15. The zero-order valence-corrected chi connectivity index (χ0v) is 18.0. The Balaban J connectivity index is 1.60. The lowest BCUT2D eigenvalue weighted by Crippen LogP contribution is -2.43. The molecular formula is C25H27NO6. The number of carboxylic acids is 1. The lowest BCUT2D eigenvalue weighted by molar-refractivity contribution is -0.145. The van der Waals surface area contributed by atoms with E-state index in [4.69, 9.17) is 9.47 Å². The molecule has 1 amide bonds. The van der Waals surface area contributed by atoms with E-state index in [2.05, 4.69) is 6.58 Å². The molecule has 2 aromatic rings. The van der Waals surface area contributed by atoms with Gasteiger partial charge in [-0.3, -0.25) is 9.69 Å². The van der Waals surface area contributed by atoms with Gasteiger partial charge in [0.15, 0.2) is 0 Å². The minimum Gasteiger partial charge on any atom is -0.480 e. The molecular weight excluding hydrogens is 410 g/mol. The molecule has 0 heterocycles. The molecule has 7 nitrogen and oxygen atoms in total. The Morgan fingerprint density at radius 3 is 2.22 bits per heavy atom. The third-order valence-corrected chi connectivity index (χ3v) is 5.60. The lowest BCUT2D eigenvalue weighted by atomic mass is 9.98. The average molecular weight is 437 g/mol. The maximum Gasteiger partial charge on any atom is 0.410 e. The molecule has 3 rings (SSSR count). The molecule has 0 bridgehead atoms. The number of hydrogen-bond donors (Lipinski definition) is 1. The maximum absolute atomic E-state index is 12.6. The molecule has 1 N–H and O–H groups in total. The molecule has 1 atom stereocenters. The summed E-state index contributed by atoms with van der Waals surface area (Å²) in [5.74, 6) is -1.69. The zero-order chi connectivity index (χ0) is 23.1. The molecule has 0 saturated heterocycles. The van der Waals surface area contributed by atoms with E-state index in [0.29, 0.717) is 0 Å². The fourth-order valence-electron chi connectivity index (χ4n) is 3.97. The van der Waals surface area contributed by atoms with Crippen molar-refractivity contribution in [3.8, 4) is 11.1 Å². The first-order valence-corrected chi connectivity index (χ1v) is 10.5. The standard InChI is InChI=1S/C25H27NO6/c1-3-15-31-23(27)14-8-13-22(24(28)29)26(2)25(30)32-16-21-19-11-6-4-9-17(19)18-10-5-7-12-20(18)21/h3-7,9-12,21-22H,1,8,13-16H2,2H3,(H,28,29)/t22-/m0/s1. The topological polar surface area (TPSA) is 93.1 Å². The number of amides is 1. The first-order chi connectivity index (χ1) is 15.4. The van der Waals surface area contributed by atoms with Gasteiger partial charge >= 0.3 is 18.0 Å². The first kappa shape index (κ1) is 23.1. The van der Waals surface area contributed by atoms with Gasteiger partial charge in [-0.05, 0) is 35.1 Å². The highest BCUT2D eigenvalue weighted by Gasteiger charge is 2.31. The normalized spacial score (nSPS) is 12.9. The van der Waals surface area contributed by atoms with E-state index in [1.54, 1.807) is 0 Å². The first-order valence-electron chi connectivity index (χ1n) is 10.5. The van der Waals surface area contributed by atoms with Gasteiger partial charge in [-0.25, -0.2) is 9.59 Å². The van der Waals surface area contributed by atoms with Crippen molar-refractivity contribution in [2.45, 2.75) is 31.2 Å². The molecule has 0 radical (unpaired) electrons. The van der Waals surface area contributed by atoms with Crippen LogP contribution in [-0.2, 0) is 19.1 Å². The van der Waals surface area contributed by atoms with Crippen LogP contribution in [0.3, 0.4) is 0 Å². The number of aliphatic carboxylic acids is 1. The average Bonchev–Trinajstić information content (AvgIpc) is 3.12.